The van der Waals surface area contributed by atoms with E-state index >= 15 is 0 Å². The first-order chi connectivity index (χ1) is 6.40. The van der Waals surface area contributed by atoms with Crippen molar-refractivity contribution in [1.82, 2.24) is 10.3 Å². The number of hydrogen-bond donors (Lipinski definition) is 1. The van der Waals surface area contributed by atoms with Gasteiger partial charge in [0.2, 0.25) is 0 Å². The first-order valence-corrected chi connectivity index (χ1v) is 4.85. The summed E-state index contributed by atoms with van der Waals surface area (Å²) in [6.45, 7) is 0.859. The van der Waals surface area contributed by atoms with Crippen LogP contribution in [0.1, 0.15) is 4.88 Å². The van der Waals surface area contributed by atoms with Gasteiger partial charge in [0.1, 0.15) is 0 Å². The topological polar surface area (TPSA) is 38.1 Å². The number of aromatic nitrogens is 1. The Balaban J connectivity index is 2.23. The fourth-order valence-corrected chi connectivity index (χ4v) is 1.97. The van der Waals surface area contributed by atoms with Crippen LogP contribution in [0.2, 0.25) is 0 Å². The molecule has 0 aromatic carbocycles. The monoisotopic (exact) mass is 194 g/mol. The quantitative estimate of drug-likeness (QED) is 0.813. The molecule has 0 saturated heterocycles. The Kier molecular flexibility index (Phi) is 2.42. The standard InChI is InChI=1S/C9H10N2OS/c1-10-5-7-6-11-9(13-7)8-3-2-4-12-8/h2-4,6,10H,5H2,1H3. The van der Waals surface area contributed by atoms with Crippen molar-refractivity contribution >= 4 is 11.3 Å². The minimum absolute atomic E-state index is 0.840. The molecule has 2 aromatic heterocycles. The van der Waals surface area contributed by atoms with Crippen molar-refractivity contribution in [2.75, 3.05) is 7.05 Å². The third kappa shape index (κ3) is 1.79. The van der Waals surface area contributed by atoms with E-state index in [1.165, 1.54) is 4.88 Å². The first kappa shape index (κ1) is 8.47. The van der Waals surface area contributed by atoms with E-state index in [2.05, 4.69) is 10.3 Å². The van der Waals surface area contributed by atoms with Crippen molar-refractivity contribution in [2.24, 2.45) is 0 Å². The van der Waals surface area contributed by atoms with Gasteiger partial charge in [0.05, 0.1) is 6.26 Å². The molecule has 0 amide bonds. The largest absolute Gasteiger partial charge is 0.462 e. The van der Waals surface area contributed by atoms with E-state index in [0.29, 0.717) is 0 Å². The second-order valence-corrected chi connectivity index (χ2v) is 3.75. The van der Waals surface area contributed by atoms with E-state index in [-0.39, 0.29) is 0 Å². The molecule has 13 heavy (non-hydrogen) atoms. The SMILES string of the molecule is CNCc1cnc(-c2ccco2)s1. The molecule has 0 spiro atoms. The van der Waals surface area contributed by atoms with E-state index in [4.69, 9.17) is 4.42 Å². The van der Waals surface area contributed by atoms with Crippen LogP contribution >= 0.6 is 11.3 Å². The summed E-state index contributed by atoms with van der Waals surface area (Å²) in [5.74, 6) is 0.840. The first-order valence-electron chi connectivity index (χ1n) is 4.03. The van der Waals surface area contributed by atoms with Gasteiger partial charge in [0.15, 0.2) is 10.8 Å². The number of hydrogen-bond acceptors (Lipinski definition) is 4. The summed E-state index contributed by atoms with van der Waals surface area (Å²) < 4.78 is 5.24. The van der Waals surface area contributed by atoms with Crippen LogP contribution in [0.5, 0.6) is 0 Å². The van der Waals surface area contributed by atoms with Gasteiger partial charge in [-0.25, -0.2) is 4.98 Å². The Morgan fingerprint density at radius 2 is 2.54 bits per heavy atom. The van der Waals surface area contributed by atoms with Gasteiger partial charge >= 0.3 is 0 Å². The van der Waals surface area contributed by atoms with Gasteiger partial charge in [0, 0.05) is 17.6 Å². The van der Waals surface area contributed by atoms with E-state index in [1.807, 2.05) is 25.4 Å². The molecule has 2 heterocycles. The Morgan fingerprint density at radius 3 is 3.23 bits per heavy atom. The minimum Gasteiger partial charge on any atom is -0.462 e. The van der Waals surface area contributed by atoms with Crippen LogP contribution in [0, 0.1) is 0 Å². The predicted molar refractivity (Wildman–Crippen MR) is 52.6 cm³/mol. The third-order valence-electron chi connectivity index (χ3n) is 1.64. The lowest BCUT2D eigenvalue weighted by atomic mass is 10.5. The van der Waals surface area contributed by atoms with Crippen LogP contribution in [-0.2, 0) is 6.54 Å². The lowest BCUT2D eigenvalue weighted by Gasteiger charge is -1.90. The van der Waals surface area contributed by atoms with E-state index < -0.39 is 0 Å². The lowest BCUT2D eigenvalue weighted by molar-refractivity contribution is 0.582. The smallest absolute Gasteiger partial charge is 0.162 e. The van der Waals surface area contributed by atoms with Gasteiger partial charge in [-0.05, 0) is 19.2 Å². The number of rotatable bonds is 3. The Labute approximate surface area is 80.4 Å². The fraction of sp³-hybridized carbons (Fsp3) is 0.222. The molecular weight excluding hydrogens is 184 g/mol. The Hall–Kier alpha value is -1.13. The molecule has 0 aliphatic heterocycles. The fourth-order valence-electron chi connectivity index (χ4n) is 1.08. The van der Waals surface area contributed by atoms with Crippen molar-refractivity contribution in [3.05, 3.63) is 29.5 Å². The highest BCUT2D eigenvalue weighted by atomic mass is 32.1. The molecular formula is C9H10N2OS. The van der Waals surface area contributed by atoms with Gasteiger partial charge in [0.25, 0.3) is 0 Å². The van der Waals surface area contributed by atoms with Crippen LogP contribution < -0.4 is 5.32 Å². The molecule has 2 rings (SSSR count). The molecule has 0 fully saturated rings. The van der Waals surface area contributed by atoms with Crippen LogP contribution in [0.3, 0.4) is 0 Å². The van der Waals surface area contributed by atoms with Crippen molar-refractivity contribution < 1.29 is 4.42 Å². The average molecular weight is 194 g/mol. The van der Waals surface area contributed by atoms with Crippen LogP contribution in [-0.4, -0.2) is 12.0 Å². The summed E-state index contributed by atoms with van der Waals surface area (Å²) in [4.78, 5) is 5.48. The summed E-state index contributed by atoms with van der Waals surface area (Å²) in [6.07, 6.45) is 3.54. The maximum absolute atomic E-state index is 5.24. The summed E-state index contributed by atoms with van der Waals surface area (Å²) in [6, 6.07) is 3.79. The van der Waals surface area contributed by atoms with Gasteiger partial charge in [-0.15, -0.1) is 11.3 Å². The molecule has 0 atom stereocenters. The normalized spacial score (nSPS) is 10.5. The molecule has 0 unspecified atom stereocenters. The summed E-state index contributed by atoms with van der Waals surface area (Å²) in [5, 5.41) is 4.02. The van der Waals surface area contributed by atoms with Crippen LogP contribution in [0.4, 0.5) is 0 Å². The van der Waals surface area contributed by atoms with Crippen molar-refractivity contribution in [3.63, 3.8) is 0 Å². The van der Waals surface area contributed by atoms with Gasteiger partial charge in [-0.1, -0.05) is 0 Å². The number of nitrogens with one attached hydrogen (secondary N) is 1. The van der Waals surface area contributed by atoms with Crippen molar-refractivity contribution in [1.29, 1.82) is 0 Å². The minimum atomic E-state index is 0.840. The lowest BCUT2D eigenvalue weighted by Crippen LogP contribution is -2.02. The highest BCUT2D eigenvalue weighted by Crippen LogP contribution is 2.24. The van der Waals surface area contributed by atoms with E-state index in [0.717, 1.165) is 17.3 Å². The molecule has 0 aliphatic rings. The number of furan rings is 1. The van der Waals surface area contributed by atoms with Gasteiger partial charge in [-0.2, -0.15) is 0 Å². The maximum atomic E-state index is 5.24. The second kappa shape index (κ2) is 3.72. The van der Waals surface area contributed by atoms with Gasteiger partial charge < -0.3 is 9.73 Å². The highest BCUT2D eigenvalue weighted by Gasteiger charge is 2.05. The zero-order valence-corrected chi connectivity index (χ0v) is 8.10. The van der Waals surface area contributed by atoms with E-state index in [1.54, 1.807) is 17.6 Å². The number of thiazole rings is 1. The maximum Gasteiger partial charge on any atom is 0.162 e. The average Bonchev–Trinajstić information content (AvgIpc) is 2.70. The number of nitrogens with zero attached hydrogens (tertiary/aromatic N) is 1. The van der Waals surface area contributed by atoms with Crippen molar-refractivity contribution in [2.45, 2.75) is 6.54 Å². The molecule has 4 heteroatoms. The molecule has 3 nitrogen and oxygen atoms in total. The Morgan fingerprint density at radius 1 is 1.62 bits per heavy atom. The van der Waals surface area contributed by atoms with Gasteiger partial charge in [-0.3, -0.25) is 0 Å². The molecule has 0 bridgehead atoms. The molecule has 0 aliphatic carbocycles. The molecule has 1 N–H and O–H groups in total. The summed E-state index contributed by atoms with van der Waals surface area (Å²) in [7, 11) is 1.92. The van der Waals surface area contributed by atoms with Crippen molar-refractivity contribution in [3.8, 4) is 10.8 Å². The predicted octanol–water partition coefficient (Wildman–Crippen LogP) is 2.12. The zero-order valence-electron chi connectivity index (χ0n) is 7.28. The third-order valence-corrected chi connectivity index (χ3v) is 2.65. The highest BCUT2D eigenvalue weighted by molar-refractivity contribution is 7.14. The molecule has 0 radical (unpaired) electrons. The molecule has 0 saturated carbocycles. The summed E-state index contributed by atoms with van der Waals surface area (Å²) in [5.41, 5.74) is 0. The zero-order chi connectivity index (χ0) is 9.10. The molecule has 68 valence electrons. The second-order valence-electron chi connectivity index (χ2n) is 2.64. The van der Waals surface area contributed by atoms with E-state index in [9.17, 15) is 0 Å². The molecule has 2 aromatic rings. The Bertz CT molecular complexity index is 367. The summed E-state index contributed by atoms with van der Waals surface area (Å²) >= 11 is 1.65. The van der Waals surface area contributed by atoms with Crippen LogP contribution in [0.25, 0.3) is 10.8 Å². The van der Waals surface area contributed by atoms with Crippen LogP contribution in [0.15, 0.2) is 29.0 Å².